The van der Waals surface area contributed by atoms with Gasteiger partial charge in [-0.1, -0.05) is 30.3 Å². The number of hydrogen-bond donors (Lipinski definition) is 2. The lowest BCUT2D eigenvalue weighted by Gasteiger charge is -2.11. The molecule has 0 aliphatic rings. The number of halogens is 1. The van der Waals surface area contributed by atoms with Crippen LogP contribution >= 0.6 is 0 Å². The molecule has 4 rings (SSSR count). The van der Waals surface area contributed by atoms with Crippen molar-refractivity contribution in [2.24, 2.45) is 5.73 Å². The molecule has 0 unspecified atom stereocenters. The summed E-state index contributed by atoms with van der Waals surface area (Å²) in [6, 6.07) is 17.5. The second-order valence-corrected chi connectivity index (χ2v) is 6.38. The van der Waals surface area contributed by atoms with Gasteiger partial charge in [-0.2, -0.15) is 10.1 Å². The van der Waals surface area contributed by atoms with E-state index in [1.165, 1.54) is 12.1 Å². The number of nitrogens with zero attached hydrogens (tertiary/aromatic N) is 3. The van der Waals surface area contributed by atoms with E-state index in [-0.39, 0.29) is 24.1 Å². The average Bonchev–Trinajstić information content (AvgIpc) is 3.02. The zero-order valence-electron chi connectivity index (χ0n) is 15.2. The quantitative estimate of drug-likeness (QED) is 0.411. The van der Waals surface area contributed by atoms with E-state index in [1.807, 2.05) is 37.3 Å². The molecule has 7 heteroatoms. The van der Waals surface area contributed by atoms with Crippen LogP contribution < -0.4 is 10.5 Å². The topological polar surface area (TPSA) is 89.8 Å². The van der Waals surface area contributed by atoms with Gasteiger partial charge in [0.25, 0.3) is 0 Å². The van der Waals surface area contributed by atoms with Crippen LogP contribution in [0.2, 0.25) is 0 Å². The third kappa shape index (κ3) is 3.29. The number of nitrogen functional groups attached to an aromatic ring is 1. The molecule has 0 aliphatic carbocycles. The molecule has 4 aromatic rings. The van der Waals surface area contributed by atoms with Gasteiger partial charge < -0.3 is 10.5 Å². The lowest BCUT2D eigenvalue weighted by Crippen LogP contribution is -2.14. The number of amidine groups is 1. The third-order valence-corrected chi connectivity index (χ3v) is 4.36. The van der Waals surface area contributed by atoms with Gasteiger partial charge >= 0.3 is 0 Å². The molecular weight excluding hydrogens is 357 g/mol. The Kier molecular flexibility index (Phi) is 4.49. The minimum Gasteiger partial charge on any atom is -0.472 e. The van der Waals surface area contributed by atoms with Crippen molar-refractivity contribution < 1.29 is 9.13 Å². The molecule has 0 atom stereocenters. The van der Waals surface area contributed by atoms with Crippen LogP contribution in [0.15, 0.2) is 60.7 Å². The molecule has 0 amide bonds. The Hall–Kier alpha value is -3.74. The number of benzene rings is 2. The molecule has 0 radical (unpaired) electrons. The average molecular weight is 375 g/mol. The third-order valence-electron chi connectivity index (χ3n) is 4.36. The zero-order valence-corrected chi connectivity index (χ0v) is 15.2. The van der Waals surface area contributed by atoms with Gasteiger partial charge in [-0.15, -0.1) is 0 Å². The predicted octanol–water partition coefficient (Wildman–Crippen LogP) is 3.73. The van der Waals surface area contributed by atoms with E-state index in [0.29, 0.717) is 16.8 Å². The Labute approximate surface area is 160 Å². The first kappa shape index (κ1) is 17.7. The minimum atomic E-state index is -0.339. The van der Waals surface area contributed by atoms with E-state index < -0.39 is 0 Å². The first-order chi connectivity index (χ1) is 13.5. The van der Waals surface area contributed by atoms with Gasteiger partial charge in [-0.25, -0.2) is 9.07 Å². The van der Waals surface area contributed by atoms with Crippen LogP contribution in [0.5, 0.6) is 5.88 Å². The van der Waals surface area contributed by atoms with E-state index in [4.69, 9.17) is 15.9 Å². The molecule has 0 aliphatic heterocycles. The molecule has 0 fully saturated rings. The Morgan fingerprint density at radius 1 is 1.14 bits per heavy atom. The molecule has 6 nitrogen and oxygen atoms in total. The number of aryl methyl sites for hydroxylation is 1. The molecule has 140 valence electrons. The van der Waals surface area contributed by atoms with Crippen molar-refractivity contribution in [3.63, 3.8) is 0 Å². The number of nitrogens with two attached hydrogens (primary N) is 1. The summed E-state index contributed by atoms with van der Waals surface area (Å²) >= 11 is 0. The van der Waals surface area contributed by atoms with E-state index in [1.54, 1.807) is 22.9 Å². The van der Waals surface area contributed by atoms with Gasteiger partial charge in [0.1, 0.15) is 18.3 Å². The van der Waals surface area contributed by atoms with Crippen molar-refractivity contribution in [2.75, 3.05) is 0 Å². The Balaban J connectivity index is 1.80. The van der Waals surface area contributed by atoms with Crippen molar-refractivity contribution in [2.45, 2.75) is 13.5 Å². The van der Waals surface area contributed by atoms with Crippen LogP contribution in [0.1, 0.15) is 16.8 Å². The zero-order chi connectivity index (χ0) is 19.7. The van der Waals surface area contributed by atoms with Crippen LogP contribution in [0, 0.1) is 18.2 Å². The van der Waals surface area contributed by atoms with Gasteiger partial charge in [0, 0.05) is 5.39 Å². The molecule has 0 spiro atoms. The smallest absolute Gasteiger partial charge is 0.226 e. The number of fused-ring (bicyclic) bond motifs is 1. The molecule has 2 aromatic carbocycles. The molecule has 0 saturated carbocycles. The SMILES string of the molecule is Cc1nn(-c2ccccc2)c2nc(OCc3cccc(F)c3)c(C(=N)N)cc12. The van der Waals surface area contributed by atoms with Gasteiger partial charge in [0.05, 0.1) is 16.9 Å². The summed E-state index contributed by atoms with van der Waals surface area (Å²) in [6.45, 7) is 1.98. The van der Waals surface area contributed by atoms with Crippen LogP contribution in [0.25, 0.3) is 16.7 Å². The van der Waals surface area contributed by atoms with Gasteiger partial charge in [-0.05, 0) is 42.8 Å². The number of rotatable bonds is 5. The van der Waals surface area contributed by atoms with E-state index in [0.717, 1.165) is 16.8 Å². The molecule has 2 heterocycles. The second kappa shape index (κ2) is 7.11. The van der Waals surface area contributed by atoms with Crippen molar-refractivity contribution in [3.8, 4) is 11.6 Å². The fraction of sp³-hybridized carbons (Fsp3) is 0.0952. The standard InChI is InChI=1S/C21H18FN5O/c1-13-17-11-18(19(23)24)21(28-12-14-6-5-7-15(22)10-14)25-20(17)27(26-13)16-8-3-2-4-9-16/h2-11H,12H2,1H3,(H3,23,24). The maximum absolute atomic E-state index is 13.4. The van der Waals surface area contributed by atoms with Crippen LogP contribution in [-0.2, 0) is 6.61 Å². The number of nitrogens with one attached hydrogen (secondary N) is 1. The van der Waals surface area contributed by atoms with E-state index >= 15 is 0 Å². The first-order valence-electron chi connectivity index (χ1n) is 8.70. The highest BCUT2D eigenvalue weighted by atomic mass is 19.1. The second-order valence-electron chi connectivity index (χ2n) is 6.38. The van der Waals surface area contributed by atoms with Crippen LogP contribution in [-0.4, -0.2) is 20.6 Å². The largest absolute Gasteiger partial charge is 0.472 e. The van der Waals surface area contributed by atoms with Crippen molar-refractivity contribution in [1.82, 2.24) is 14.8 Å². The monoisotopic (exact) mass is 375 g/mol. The van der Waals surface area contributed by atoms with Crippen molar-refractivity contribution in [1.29, 1.82) is 5.41 Å². The van der Waals surface area contributed by atoms with Gasteiger partial charge in [-0.3, -0.25) is 5.41 Å². The number of para-hydroxylation sites is 1. The lowest BCUT2D eigenvalue weighted by molar-refractivity contribution is 0.293. The molecule has 0 bridgehead atoms. The molecule has 3 N–H and O–H groups in total. The summed E-state index contributed by atoms with van der Waals surface area (Å²) in [7, 11) is 0. The lowest BCUT2D eigenvalue weighted by atomic mass is 10.2. The predicted molar refractivity (Wildman–Crippen MR) is 105 cm³/mol. The first-order valence-corrected chi connectivity index (χ1v) is 8.70. The molecule has 28 heavy (non-hydrogen) atoms. The van der Waals surface area contributed by atoms with Crippen molar-refractivity contribution in [3.05, 3.63) is 83.3 Å². The molecule has 2 aromatic heterocycles. The molecule has 0 saturated heterocycles. The van der Waals surface area contributed by atoms with Crippen LogP contribution in [0.3, 0.4) is 0 Å². The summed E-state index contributed by atoms with van der Waals surface area (Å²) in [5.74, 6) is -0.286. The van der Waals surface area contributed by atoms with Gasteiger partial charge in [0.2, 0.25) is 5.88 Å². The summed E-state index contributed by atoms with van der Waals surface area (Å²) < 4.78 is 20.9. The summed E-state index contributed by atoms with van der Waals surface area (Å²) in [5.41, 5.74) is 9.00. The summed E-state index contributed by atoms with van der Waals surface area (Å²) in [4.78, 5) is 4.59. The van der Waals surface area contributed by atoms with Crippen molar-refractivity contribution >= 4 is 16.9 Å². The normalized spacial score (nSPS) is 10.9. The Bertz CT molecular complexity index is 1170. The summed E-state index contributed by atoms with van der Waals surface area (Å²) in [5, 5.41) is 13.2. The van der Waals surface area contributed by atoms with E-state index in [9.17, 15) is 4.39 Å². The Morgan fingerprint density at radius 2 is 1.93 bits per heavy atom. The number of ether oxygens (including phenoxy) is 1. The highest BCUT2D eigenvalue weighted by Crippen LogP contribution is 2.27. The summed E-state index contributed by atoms with van der Waals surface area (Å²) in [6.07, 6.45) is 0. The fourth-order valence-electron chi connectivity index (χ4n) is 3.00. The van der Waals surface area contributed by atoms with E-state index in [2.05, 4.69) is 10.1 Å². The highest BCUT2D eigenvalue weighted by molar-refractivity contribution is 6.00. The Morgan fingerprint density at radius 3 is 2.64 bits per heavy atom. The maximum atomic E-state index is 13.4. The highest BCUT2D eigenvalue weighted by Gasteiger charge is 2.17. The van der Waals surface area contributed by atoms with Gasteiger partial charge in [0.15, 0.2) is 5.65 Å². The van der Waals surface area contributed by atoms with Crippen LogP contribution in [0.4, 0.5) is 4.39 Å². The molecular formula is C21H18FN5O. The number of aromatic nitrogens is 3. The maximum Gasteiger partial charge on any atom is 0.226 e. The number of hydrogen-bond acceptors (Lipinski definition) is 4. The fourth-order valence-corrected chi connectivity index (χ4v) is 3.00. The minimum absolute atomic E-state index is 0.106. The number of pyridine rings is 1.